The van der Waals surface area contributed by atoms with Crippen LogP contribution in [0.1, 0.15) is 42.0 Å². The van der Waals surface area contributed by atoms with Crippen LogP contribution in [0, 0.1) is 11.6 Å². The molecule has 3 atom stereocenters. The molecule has 0 fully saturated rings. The van der Waals surface area contributed by atoms with E-state index in [4.69, 9.17) is 0 Å². The van der Waals surface area contributed by atoms with Gasteiger partial charge in [0.2, 0.25) is 5.91 Å². The van der Waals surface area contributed by atoms with Crippen molar-refractivity contribution in [2.75, 3.05) is 6.54 Å². The summed E-state index contributed by atoms with van der Waals surface area (Å²) < 4.78 is 29.7. The first-order chi connectivity index (χ1) is 18.8. The van der Waals surface area contributed by atoms with Crippen LogP contribution in [-0.4, -0.2) is 34.3 Å². The molecule has 4 aromatic rings. The molecule has 1 heterocycles. The molecule has 3 aromatic carbocycles. The second-order valence-corrected chi connectivity index (χ2v) is 9.87. The Labute approximate surface area is 228 Å². The van der Waals surface area contributed by atoms with E-state index in [0.717, 1.165) is 29.3 Å². The van der Waals surface area contributed by atoms with Crippen LogP contribution >= 0.6 is 0 Å². The second kappa shape index (κ2) is 13.3. The van der Waals surface area contributed by atoms with E-state index in [1.165, 1.54) is 17.7 Å². The third-order valence-electron chi connectivity index (χ3n) is 6.94. The van der Waals surface area contributed by atoms with Crippen LogP contribution in [0.5, 0.6) is 0 Å². The summed E-state index contributed by atoms with van der Waals surface area (Å²) in [6, 6.07) is 22.3. The van der Waals surface area contributed by atoms with Crippen LogP contribution in [0.15, 0.2) is 91.3 Å². The van der Waals surface area contributed by atoms with E-state index in [2.05, 4.69) is 29.7 Å². The van der Waals surface area contributed by atoms with Gasteiger partial charge in [-0.15, -0.1) is 0 Å². The zero-order valence-electron chi connectivity index (χ0n) is 22.3. The number of hydrogen-bond acceptors (Lipinski definition) is 3. The van der Waals surface area contributed by atoms with Crippen molar-refractivity contribution >= 4 is 5.91 Å². The summed E-state index contributed by atoms with van der Waals surface area (Å²) in [6.45, 7) is 4.63. The summed E-state index contributed by atoms with van der Waals surface area (Å²) >= 11 is 0. The first-order valence-electron chi connectivity index (χ1n) is 13.3. The van der Waals surface area contributed by atoms with E-state index < -0.39 is 29.7 Å². The number of benzene rings is 3. The predicted octanol–water partition coefficient (Wildman–Crippen LogP) is 5.30. The Hall–Kier alpha value is -3.81. The molecule has 204 valence electrons. The smallest absolute Gasteiger partial charge is 0.227 e. The summed E-state index contributed by atoms with van der Waals surface area (Å²) in [5.41, 5.74) is 4.47. The first-order valence-corrected chi connectivity index (χ1v) is 13.3. The standard InChI is InChI=1S/C32H35F2N3O2/c1-3-23-7-6-8-24(15-23)20-35-21-31(38)30(18-25-16-27(33)19-28(34)17-25)36-32(39)22(2)26-9-11-29(12-10-26)37-13-4-5-14-37/h4-17,19,22,30-31,35,38H,3,18,20-21H2,1-2H3,(H,36,39)/t22?,30-,31+/m0/s1. The molecule has 0 saturated carbocycles. The second-order valence-electron chi connectivity index (χ2n) is 9.87. The molecule has 3 N–H and O–H groups in total. The van der Waals surface area contributed by atoms with Gasteiger partial charge in [-0.25, -0.2) is 8.78 Å². The van der Waals surface area contributed by atoms with Crippen molar-refractivity contribution in [1.29, 1.82) is 0 Å². The van der Waals surface area contributed by atoms with Crippen molar-refractivity contribution < 1.29 is 18.7 Å². The topological polar surface area (TPSA) is 66.3 Å². The number of aromatic nitrogens is 1. The van der Waals surface area contributed by atoms with E-state index in [9.17, 15) is 18.7 Å². The summed E-state index contributed by atoms with van der Waals surface area (Å²) in [5, 5.41) is 17.2. The van der Waals surface area contributed by atoms with E-state index >= 15 is 0 Å². The van der Waals surface area contributed by atoms with Gasteiger partial charge < -0.3 is 20.3 Å². The number of carbonyl (C=O) groups excluding carboxylic acids is 1. The molecule has 39 heavy (non-hydrogen) atoms. The monoisotopic (exact) mass is 531 g/mol. The van der Waals surface area contributed by atoms with E-state index in [1.54, 1.807) is 6.92 Å². The molecule has 0 aliphatic rings. The maximum Gasteiger partial charge on any atom is 0.227 e. The van der Waals surface area contributed by atoms with Gasteiger partial charge in [-0.3, -0.25) is 4.79 Å². The van der Waals surface area contributed by atoms with Crippen LogP contribution in [-0.2, 0) is 24.2 Å². The minimum atomic E-state index is -0.988. The molecular weight excluding hydrogens is 496 g/mol. The summed E-state index contributed by atoms with van der Waals surface area (Å²) in [5.74, 6) is -2.17. The third-order valence-corrected chi connectivity index (χ3v) is 6.94. The van der Waals surface area contributed by atoms with Crippen LogP contribution < -0.4 is 10.6 Å². The lowest BCUT2D eigenvalue weighted by Crippen LogP contribution is -2.49. The largest absolute Gasteiger partial charge is 0.390 e. The van der Waals surface area contributed by atoms with Gasteiger partial charge in [0.15, 0.2) is 0 Å². The third kappa shape index (κ3) is 7.85. The average molecular weight is 532 g/mol. The highest BCUT2D eigenvalue weighted by atomic mass is 19.1. The molecular formula is C32H35F2N3O2. The SMILES string of the molecule is CCc1cccc(CNC[C@@H](O)[C@H](Cc2cc(F)cc(F)c2)NC(=O)C(C)c2ccc(-n3cccc3)cc2)c1. The molecule has 0 aliphatic heterocycles. The number of rotatable bonds is 12. The normalized spacial score (nSPS) is 13.6. The average Bonchev–Trinajstić information content (AvgIpc) is 3.47. The van der Waals surface area contributed by atoms with Gasteiger partial charge in [0.05, 0.1) is 18.1 Å². The number of halogens is 2. The van der Waals surface area contributed by atoms with Crippen molar-refractivity contribution in [3.63, 3.8) is 0 Å². The van der Waals surface area contributed by atoms with Crippen LogP contribution in [0.25, 0.3) is 5.69 Å². The van der Waals surface area contributed by atoms with Crippen molar-refractivity contribution in [3.05, 3.63) is 125 Å². The predicted molar refractivity (Wildman–Crippen MR) is 150 cm³/mol. The van der Waals surface area contributed by atoms with Gasteiger partial charge in [0.1, 0.15) is 11.6 Å². The Kier molecular flexibility index (Phi) is 9.63. The highest BCUT2D eigenvalue weighted by molar-refractivity contribution is 5.83. The van der Waals surface area contributed by atoms with Gasteiger partial charge >= 0.3 is 0 Å². The summed E-state index contributed by atoms with van der Waals surface area (Å²) in [7, 11) is 0. The highest BCUT2D eigenvalue weighted by Gasteiger charge is 2.25. The number of amides is 1. The van der Waals surface area contributed by atoms with Crippen molar-refractivity contribution in [1.82, 2.24) is 15.2 Å². The molecule has 0 aliphatic carbocycles. The molecule has 7 heteroatoms. The molecule has 1 amide bonds. The molecule has 5 nitrogen and oxygen atoms in total. The zero-order chi connectivity index (χ0) is 27.8. The Morgan fingerprint density at radius 2 is 1.56 bits per heavy atom. The molecule has 0 saturated heterocycles. The minimum absolute atomic E-state index is 0.0773. The van der Waals surface area contributed by atoms with Crippen molar-refractivity contribution in [2.45, 2.75) is 51.3 Å². The Morgan fingerprint density at radius 1 is 0.897 bits per heavy atom. The van der Waals surface area contributed by atoms with Crippen LogP contribution in [0.2, 0.25) is 0 Å². The van der Waals surface area contributed by atoms with Gasteiger partial charge in [0, 0.05) is 37.2 Å². The first kappa shape index (κ1) is 28.2. The fraction of sp³-hybridized carbons (Fsp3) is 0.281. The molecule has 0 spiro atoms. The lowest BCUT2D eigenvalue weighted by Gasteiger charge is -2.26. The molecule has 0 bridgehead atoms. The Balaban J connectivity index is 1.44. The lowest BCUT2D eigenvalue weighted by atomic mass is 9.96. The van der Waals surface area contributed by atoms with E-state index in [0.29, 0.717) is 12.1 Å². The van der Waals surface area contributed by atoms with Gasteiger partial charge in [-0.05, 0) is 78.4 Å². The summed E-state index contributed by atoms with van der Waals surface area (Å²) in [6.07, 6.45) is 3.91. The molecule has 0 radical (unpaired) electrons. The Bertz CT molecular complexity index is 1340. The zero-order valence-corrected chi connectivity index (χ0v) is 22.3. The van der Waals surface area contributed by atoms with Crippen molar-refractivity contribution in [3.8, 4) is 5.69 Å². The van der Waals surface area contributed by atoms with Crippen LogP contribution in [0.4, 0.5) is 8.78 Å². The number of aliphatic hydroxyl groups is 1. The highest BCUT2D eigenvalue weighted by Crippen LogP contribution is 2.20. The van der Waals surface area contributed by atoms with E-state index in [-0.39, 0.29) is 18.9 Å². The number of carbonyl (C=O) groups is 1. The number of nitrogens with zero attached hydrogens (tertiary/aromatic N) is 1. The minimum Gasteiger partial charge on any atom is -0.390 e. The maximum atomic E-state index is 13.9. The summed E-state index contributed by atoms with van der Waals surface area (Å²) in [4.78, 5) is 13.3. The maximum absolute atomic E-state index is 13.9. The number of aliphatic hydroxyl groups excluding tert-OH is 1. The molecule has 4 rings (SSSR count). The number of aryl methyl sites for hydroxylation is 1. The van der Waals surface area contributed by atoms with Crippen molar-refractivity contribution in [2.24, 2.45) is 0 Å². The molecule has 1 aromatic heterocycles. The molecule has 1 unspecified atom stereocenters. The van der Waals surface area contributed by atoms with Gasteiger partial charge in [-0.1, -0.05) is 43.3 Å². The lowest BCUT2D eigenvalue weighted by molar-refractivity contribution is -0.123. The van der Waals surface area contributed by atoms with Crippen LogP contribution in [0.3, 0.4) is 0 Å². The quantitative estimate of drug-likeness (QED) is 0.233. The van der Waals surface area contributed by atoms with Gasteiger partial charge in [0.25, 0.3) is 0 Å². The Morgan fingerprint density at radius 3 is 2.23 bits per heavy atom. The fourth-order valence-electron chi connectivity index (χ4n) is 4.63. The fourth-order valence-corrected chi connectivity index (χ4v) is 4.63. The number of hydrogen-bond donors (Lipinski definition) is 3. The van der Waals surface area contributed by atoms with E-state index in [1.807, 2.05) is 65.5 Å². The number of nitrogens with one attached hydrogen (secondary N) is 2. The van der Waals surface area contributed by atoms with Gasteiger partial charge in [-0.2, -0.15) is 0 Å².